The summed E-state index contributed by atoms with van der Waals surface area (Å²) in [5.74, 6) is -0.153. The number of nitrogens with one attached hydrogen (secondary N) is 2. The summed E-state index contributed by atoms with van der Waals surface area (Å²) in [6.07, 6.45) is 2.54. The largest absolute Gasteiger partial charge is 0.507 e. The minimum absolute atomic E-state index is 0.123. The van der Waals surface area contributed by atoms with Crippen molar-refractivity contribution in [2.75, 3.05) is 6.54 Å². The van der Waals surface area contributed by atoms with Crippen LogP contribution >= 0.6 is 0 Å². The van der Waals surface area contributed by atoms with E-state index in [9.17, 15) is 9.90 Å². The van der Waals surface area contributed by atoms with Gasteiger partial charge in [-0.25, -0.2) is 5.43 Å². The Balaban J connectivity index is 1.33. The normalized spacial score (nSPS) is 15.8. The van der Waals surface area contributed by atoms with E-state index in [0.717, 1.165) is 26.1 Å². The quantitative estimate of drug-likeness (QED) is 0.465. The number of benzene rings is 3. The van der Waals surface area contributed by atoms with Crippen molar-refractivity contribution in [1.29, 1.82) is 0 Å². The summed E-state index contributed by atoms with van der Waals surface area (Å²) in [5.41, 5.74) is 7.73. The highest BCUT2D eigenvalue weighted by Crippen LogP contribution is 2.13. The van der Waals surface area contributed by atoms with Crippen molar-refractivity contribution in [2.45, 2.75) is 19.5 Å². The van der Waals surface area contributed by atoms with E-state index in [4.69, 9.17) is 0 Å². The molecule has 0 spiro atoms. The molecule has 3 N–H and O–H groups in total. The van der Waals surface area contributed by atoms with Gasteiger partial charge in [0.05, 0.1) is 12.8 Å². The number of hydrogen-bond acceptors (Lipinski definition) is 3. The lowest BCUT2D eigenvalue weighted by Crippen LogP contribution is -3.10. The van der Waals surface area contributed by atoms with E-state index in [2.05, 4.69) is 34.8 Å². The number of fused-ring (bicyclic) bond motifs is 1. The van der Waals surface area contributed by atoms with Crippen LogP contribution in [0.5, 0.6) is 5.75 Å². The van der Waals surface area contributed by atoms with Crippen molar-refractivity contribution in [1.82, 2.24) is 5.43 Å². The molecule has 1 heterocycles. The van der Waals surface area contributed by atoms with Crippen molar-refractivity contribution < 1.29 is 14.8 Å². The maximum Gasteiger partial charge on any atom is 0.271 e. The zero-order valence-electron chi connectivity index (χ0n) is 16.1. The Morgan fingerprint density at radius 1 is 1.00 bits per heavy atom. The van der Waals surface area contributed by atoms with Crippen LogP contribution in [0.2, 0.25) is 0 Å². The minimum Gasteiger partial charge on any atom is -0.507 e. The number of hydrazone groups is 1. The van der Waals surface area contributed by atoms with Crippen molar-refractivity contribution in [2.24, 2.45) is 5.10 Å². The topological polar surface area (TPSA) is 66.1 Å². The summed E-state index contributed by atoms with van der Waals surface area (Å²) >= 11 is 0. The van der Waals surface area contributed by atoms with Gasteiger partial charge in [0.1, 0.15) is 18.8 Å². The number of aromatic hydroxyl groups is 1. The number of carbonyl (C=O) groups excluding carboxylic acids is 1. The summed E-state index contributed by atoms with van der Waals surface area (Å²) in [6, 6.07) is 23.2. The Hall–Kier alpha value is -3.44. The van der Waals surface area contributed by atoms with Crippen LogP contribution in [0, 0.1) is 0 Å². The van der Waals surface area contributed by atoms with Gasteiger partial charge in [0, 0.05) is 28.7 Å². The van der Waals surface area contributed by atoms with Crippen molar-refractivity contribution in [3.63, 3.8) is 0 Å². The maximum atomic E-state index is 12.3. The van der Waals surface area contributed by atoms with Crippen LogP contribution in [0.25, 0.3) is 0 Å². The fraction of sp³-hybridized carbons (Fsp3) is 0.167. The summed E-state index contributed by atoms with van der Waals surface area (Å²) in [4.78, 5) is 13.8. The lowest BCUT2D eigenvalue weighted by atomic mass is 9.99. The number of phenolic OH excluding ortho intramolecular Hbond substituents is 1. The van der Waals surface area contributed by atoms with Crippen LogP contribution in [-0.2, 0) is 19.5 Å². The van der Waals surface area contributed by atoms with E-state index in [-0.39, 0.29) is 11.7 Å². The highest BCUT2D eigenvalue weighted by Gasteiger charge is 2.19. The van der Waals surface area contributed by atoms with Crippen LogP contribution in [0.15, 0.2) is 77.9 Å². The predicted octanol–water partition coefficient (Wildman–Crippen LogP) is 2.30. The Bertz CT molecular complexity index is 1030. The van der Waals surface area contributed by atoms with Gasteiger partial charge in [-0.2, -0.15) is 5.10 Å². The first-order valence-corrected chi connectivity index (χ1v) is 9.80. The van der Waals surface area contributed by atoms with Crippen LogP contribution in [0.4, 0.5) is 0 Å². The van der Waals surface area contributed by atoms with Gasteiger partial charge in [0.25, 0.3) is 5.91 Å². The van der Waals surface area contributed by atoms with Crippen molar-refractivity contribution in [3.05, 3.63) is 101 Å². The van der Waals surface area contributed by atoms with Gasteiger partial charge in [-0.1, -0.05) is 48.5 Å². The average Bonchev–Trinajstić information content (AvgIpc) is 2.75. The number of rotatable bonds is 5. The highest BCUT2D eigenvalue weighted by molar-refractivity contribution is 5.95. The molecule has 0 bridgehead atoms. The number of carbonyl (C=O) groups is 1. The summed E-state index contributed by atoms with van der Waals surface area (Å²) in [7, 11) is 0. The fourth-order valence-corrected chi connectivity index (χ4v) is 3.68. The van der Waals surface area contributed by atoms with E-state index in [0.29, 0.717) is 11.1 Å². The average molecular weight is 386 g/mol. The van der Waals surface area contributed by atoms with E-state index in [1.807, 2.05) is 24.3 Å². The summed E-state index contributed by atoms with van der Waals surface area (Å²) in [5, 5.41) is 13.6. The standard InChI is InChI=1S/C24H23N3O2/c28-23-8-4-3-6-21(23)15-25-26-24(29)20-11-9-18(10-12-20)16-27-14-13-19-5-1-2-7-22(19)17-27/h1-12,15,28H,13-14,16-17H2,(H,26,29)/p+1. The Kier molecular flexibility index (Phi) is 5.68. The minimum atomic E-state index is -0.275. The van der Waals surface area contributed by atoms with Gasteiger partial charge in [-0.05, 0) is 29.8 Å². The van der Waals surface area contributed by atoms with Gasteiger partial charge in [-0.3, -0.25) is 4.79 Å². The molecule has 5 nitrogen and oxygen atoms in total. The first kappa shape index (κ1) is 18.9. The molecule has 0 saturated heterocycles. The summed E-state index contributed by atoms with van der Waals surface area (Å²) in [6.45, 7) is 3.11. The van der Waals surface area contributed by atoms with Crippen molar-refractivity contribution >= 4 is 12.1 Å². The lowest BCUT2D eigenvalue weighted by Gasteiger charge is -2.26. The van der Waals surface area contributed by atoms with E-state index in [1.165, 1.54) is 27.8 Å². The molecule has 0 aliphatic carbocycles. The number of amides is 1. The van der Waals surface area contributed by atoms with Gasteiger partial charge < -0.3 is 10.0 Å². The fourth-order valence-electron chi connectivity index (χ4n) is 3.68. The molecule has 5 heteroatoms. The van der Waals surface area contributed by atoms with Gasteiger partial charge in [-0.15, -0.1) is 0 Å². The number of phenols is 1. The number of quaternary nitrogens is 1. The third-order valence-corrected chi connectivity index (χ3v) is 5.28. The highest BCUT2D eigenvalue weighted by atomic mass is 16.3. The third-order valence-electron chi connectivity index (χ3n) is 5.28. The number of para-hydroxylation sites is 1. The monoisotopic (exact) mass is 386 g/mol. The third kappa shape index (κ3) is 4.70. The van der Waals surface area contributed by atoms with Crippen LogP contribution in [-0.4, -0.2) is 23.8 Å². The molecule has 1 amide bonds. The first-order valence-electron chi connectivity index (χ1n) is 9.80. The SMILES string of the molecule is O=C(NN=Cc1ccccc1O)c1ccc(C[NH+]2CCc3ccccc3C2)cc1. The van der Waals surface area contributed by atoms with Crippen molar-refractivity contribution in [3.8, 4) is 5.75 Å². The van der Waals surface area contributed by atoms with Crippen LogP contribution < -0.4 is 10.3 Å². The van der Waals surface area contributed by atoms with Crippen LogP contribution in [0.1, 0.15) is 32.6 Å². The van der Waals surface area contributed by atoms with Crippen LogP contribution in [0.3, 0.4) is 0 Å². The number of nitrogens with zero attached hydrogens (tertiary/aromatic N) is 1. The van der Waals surface area contributed by atoms with E-state index in [1.54, 1.807) is 24.3 Å². The molecule has 3 aromatic carbocycles. The van der Waals surface area contributed by atoms with Gasteiger partial charge in [0.15, 0.2) is 0 Å². The zero-order valence-corrected chi connectivity index (χ0v) is 16.1. The molecule has 29 heavy (non-hydrogen) atoms. The number of hydrogen-bond donors (Lipinski definition) is 3. The molecule has 1 atom stereocenters. The maximum absolute atomic E-state index is 12.3. The molecule has 0 fully saturated rings. The molecular weight excluding hydrogens is 362 g/mol. The molecular formula is C24H24N3O2+. The van der Waals surface area contributed by atoms with E-state index >= 15 is 0 Å². The molecule has 0 aromatic heterocycles. The molecule has 3 aromatic rings. The zero-order chi connectivity index (χ0) is 20.1. The molecule has 0 saturated carbocycles. The second kappa shape index (κ2) is 8.71. The Morgan fingerprint density at radius 3 is 2.52 bits per heavy atom. The molecule has 146 valence electrons. The molecule has 4 rings (SSSR count). The lowest BCUT2D eigenvalue weighted by molar-refractivity contribution is -0.929. The second-order valence-electron chi connectivity index (χ2n) is 7.33. The molecule has 0 radical (unpaired) electrons. The first-order chi connectivity index (χ1) is 14.2. The smallest absolute Gasteiger partial charge is 0.271 e. The predicted molar refractivity (Wildman–Crippen MR) is 113 cm³/mol. The molecule has 1 aliphatic rings. The van der Waals surface area contributed by atoms with E-state index < -0.39 is 0 Å². The molecule has 1 unspecified atom stereocenters. The van der Waals surface area contributed by atoms with Gasteiger partial charge >= 0.3 is 0 Å². The second-order valence-corrected chi connectivity index (χ2v) is 7.33. The Labute approximate surface area is 170 Å². The summed E-state index contributed by atoms with van der Waals surface area (Å²) < 4.78 is 0. The molecule has 1 aliphatic heterocycles. The Morgan fingerprint density at radius 2 is 1.72 bits per heavy atom. The van der Waals surface area contributed by atoms with Gasteiger partial charge in [0.2, 0.25) is 0 Å².